The maximum atomic E-state index is 13.5. The molecule has 4 heterocycles. The normalized spacial score (nSPS) is 16.0. The lowest BCUT2D eigenvalue weighted by Crippen LogP contribution is -2.27. The first-order valence-corrected chi connectivity index (χ1v) is 13.6. The largest absolute Gasteiger partial charge is 0.480 e. The number of benzene rings is 1. The first-order chi connectivity index (χ1) is 19.9. The second-order valence-electron chi connectivity index (χ2n) is 10.3. The molecular weight excluding hydrogens is 533 g/mol. The second kappa shape index (κ2) is 11.4. The number of rotatable bonds is 8. The van der Waals surface area contributed by atoms with E-state index in [0.717, 1.165) is 61.7 Å². The Kier molecular flexibility index (Phi) is 7.48. The van der Waals surface area contributed by atoms with Gasteiger partial charge in [0.2, 0.25) is 11.8 Å². The van der Waals surface area contributed by atoms with Gasteiger partial charge in [0.15, 0.2) is 5.82 Å². The number of hydrogen-bond donors (Lipinski definition) is 2. The van der Waals surface area contributed by atoms with Gasteiger partial charge in [0.1, 0.15) is 23.9 Å². The zero-order chi connectivity index (χ0) is 28.4. The fourth-order valence-electron chi connectivity index (χ4n) is 5.20. The summed E-state index contributed by atoms with van der Waals surface area (Å²) in [5.41, 5.74) is 3.46. The summed E-state index contributed by atoms with van der Waals surface area (Å²) in [7, 11) is 1.55. The Hall–Kier alpha value is -4.19. The molecule has 2 fully saturated rings. The van der Waals surface area contributed by atoms with Crippen LogP contribution in [0, 0.1) is 0 Å². The monoisotopic (exact) mass is 562 g/mol. The van der Waals surface area contributed by atoms with Crippen molar-refractivity contribution in [2.75, 3.05) is 25.5 Å². The summed E-state index contributed by atoms with van der Waals surface area (Å²) in [5.74, 6) is 1.73. The predicted molar refractivity (Wildman–Crippen MR) is 146 cm³/mol. The Morgan fingerprint density at radius 2 is 1.63 bits per heavy atom. The molecule has 12 heteroatoms. The highest BCUT2D eigenvalue weighted by atomic mass is 19.4. The molecule has 1 saturated carbocycles. The van der Waals surface area contributed by atoms with E-state index in [1.807, 2.05) is 24.3 Å². The summed E-state index contributed by atoms with van der Waals surface area (Å²) in [6, 6.07) is 10.1. The van der Waals surface area contributed by atoms with Gasteiger partial charge < -0.3 is 15.4 Å². The van der Waals surface area contributed by atoms with Crippen LogP contribution in [0.15, 0.2) is 49.1 Å². The average Bonchev–Trinajstić information content (AvgIpc) is 3.85. The molecule has 0 radical (unpaired) electrons. The molecule has 1 aliphatic heterocycles. The zero-order valence-corrected chi connectivity index (χ0v) is 22.4. The maximum Gasteiger partial charge on any atom is 0.433 e. The van der Waals surface area contributed by atoms with Crippen molar-refractivity contribution in [1.82, 2.24) is 35.2 Å². The molecule has 6 rings (SSSR count). The van der Waals surface area contributed by atoms with Gasteiger partial charge in [-0.25, -0.2) is 24.9 Å². The minimum absolute atomic E-state index is 0.162. The van der Waals surface area contributed by atoms with Crippen LogP contribution in [-0.4, -0.2) is 50.1 Å². The van der Waals surface area contributed by atoms with E-state index in [0.29, 0.717) is 46.9 Å². The molecule has 41 heavy (non-hydrogen) atoms. The standard InChI is InChI=1S/C29H29F3N8O/c1-41-27-23(25(20-6-7-20)35-15-37-27)26-36-16-38-28(40-26)34-14-17-2-4-19(5-3-17)24-21(18-10-12-33-13-11-18)8-9-22(39-24)29(30,31)32/h2-5,8-9,15-16,18,20,33H,6-7,10-14H2,1H3,(H,34,36,38,40). The van der Waals surface area contributed by atoms with Gasteiger partial charge in [-0.2, -0.15) is 18.2 Å². The number of nitrogens with zero attached hydrogens (tertiary/aromatic N) is 6. The molecule has 212 valence electrons. The Morgan fingerprint density at radius 1 is 0.878 bits per heavy atom. The fourth-order valence-corrected chi connectivity index (χ4v) is 5.20. The van der Waals surface area contributed by atoms with Gasteiger partial charge in [-0.15, -0.1) is 0 Å². The van der Waals surface area contributed by atoms with Crippen LogP contribution in [0.2, 0.25) is 0 Å². The Balaban J connectivity index is 1.22. The number of halogens is 3. The van der Waals surface area contributed by atoms with E-state index in [2.05, 4.69) is 40.5 Å². The topological polar surface area (TPSA) is 111 Å². The van der Waals surface area contributed by atoms with E-state index in [9.17, 15) is 13.2 Å². The molecule has 3 aromatic heterocycles. The van der Waals surface area contributed by atoms with Crippen molar-refractivity contribution in [3.8, 4) is 28.5 Å². The Bertz CT molecular complexity index is 1520. The lowest BCUT2D eigenvalue weighted by molar-refractivity contribution is -0.141. The van der Waals surface area contributed by atoms with E-state index in [1.165, 1.54) is 12.7 Å². The highest BCUT2D eigenvalue weighted by Crippen LogP contribution is 2.44. The molecule has 0 atom stereocenters. The third kappa shape index (κ3) is 5.97. The molecule has 0 bridgehead atoms. The molecule has 0 spiro atoms. The van der Waals surface area contributed by atoms with E-state index in [1.54, 1.807) is 13.2 Å². The fraction of sp³-hybridized carbons (Fsp3) is 0.379. The van der Waals surface area contributed by atoms with Crippen LogP contribution in [-0.2, 0) is 12.7 Å². The second-order valence-corrected chi connectivity index (χ2v) is 10.3. The lowest BCUT2D eigenvalue weighted by atomic mass is 9.87. The minimum atomic E-state index is -4.51. The van der Waals surface area contributed by atoms with Crippen molar-refractivity contribution in [1.29, 1.82) is 0 Å². The third-order valence-electron chi connectivity index (χ3n) is 7.47. The molecule has 9 nitrogen and oxygen atoms in total. The number of pyridine rings is 1. The van der Waals surface area contributed by atoms with Crippen LogP contribution in [0.5, 0.6) is 5.88 Å². The maximum absolute atomic E-state index is 13.5. The molecule has 0 unspecified atom stereocenters. The molecule has 1 aromatic carbocycles. The predicted octanol–water partition coefficient (Wildman–Crippen LogP) is 5.37. The summed E-state index contributed by atoms with van der Waals surface area (Å²) in [4.78, 5) is 25.9. The van der Waals surface area contributed by atoms with E-state index < -0.39 is 11.9 Å². The van der Waals surface area contributed by atoms with Gasteiger partial charge in [-0.05, 0) is 61.9 Å². The van der Waals surface area contributed by atoms with Crippen LogP contribution in [0.1, 0.15) is 60.0 Å². The summed E-state index contributed by atoms with van der Waals surface area (Å²) in [6.07, 6.45) is 2.23. The van der Waals surface area contributed by atoms with E-state index in [-0.39, 0.29) is 5.92 Å². The molecule has 0 amide bonds. The molecular formula is C29H29F3N8O. The molecule has 2 N–H and O–H groups in total. The number of anilines is 1. The van der Waals surface area contributed by atoms with Crippen molar-refractivity contribution in [3.05, 3.63) is 71.6 Å². The van der Waals surface area contributed by atoms with Gasteiger partial charge >= 0.3 is 6.18 Å². The number of alkyl halides is 3. The highest BCUT2D eigenvalue weighted by Gasteiger charge is 2.34. The number of methoxy groups -OCH3 is 1. The first-order valence-electron chi connectivity index (χ1n) is 13.6. The van der Waals surface area contributed by atoms with Gasteiger partial charge in [0.25, 0.3) is 0 Å². The van der Waals surface area contributed by atoms with Crippen LogP contribution < -0.4 is 15.4 Å². The summed E-state index contributed by atoms with van der Waals surface area (Å²) in [5, 5.41) is 6.52. The van der Waals surface area contributed by atoms with Crippen LogP contribution >= 0.6 is 0 Å². The summed E-state index contributed by atoms with van der Waals surface area (Å²) in [6.45, 7) is 2.07. The van der Waals surface area contributed by atoms with E-state index >= 15 is 0 Å². The quantitative estimate of drug-likeness (QED) is 0.293. The minimum Gasteiger partial charge on any atom is -0.480 e. The van der Waals surface area contributed by atoms with Crippen molar-refractivity contribution in [2.24, 2.45) is 0 Å². The Morgan fingerprint density at radius 3 is 2.34 bits per heavy atom. The molecule has 1 saturated heterocycles. The SMILES string of the molecule is COc1ncnc(C2CC2)c1-c1ncnc(NCc2ccc(-c3nc(C(F)(F)F)ccc3C3CCNCC3)cc2)n1. The number of hydrogen-bond acceptors (Lipinski definition) is 9. The van der Waals surface area contributed by atoms with Crippen LogP contribution in [0.25, 0.3) is 22.6 Å². The molecule has 4 aromatic rings. The molecule has 1 aliphatic carbocycles. The van der Waals surface area contributed by atoms with E-state index in [4.69, 9.17) is 4.74 Å². The van der Waals surface area contributed by atoms with Gasteiger partial charge in [0, 0.05) is 18.0 Å². The van der Waals surface area contributed by atoms with Crippen molar-refractivity contribution in [2.45, 2.75) is 50.2 Å². The number of ether oxygens (including phenoxy) is 1. The van der Waals surface area contributed by atoms with Gasteiger partial charge in [-0.1, -0.05) is 30.3 Å². The highest BCUT2D eigenvalue weighted by molar-refractivity contribution is 5.67. The van der Waals surface area contributed by atoms with Crippen molar-refractivity contribution in [3.63, 3.8) is 0 Å². The zero-order valence-electron chi connectivity index (χ0n) is 22.4. The lowest BCUT2D eigenvalue weighted by Gasteiger charge is -2.25. The molecule has 2 aliphatic rings. The van der Waals surface area contributed by atoms with Crippen molar-refractivity contribution >= 4 is 5.95 Å². The van der Waals surface area contributed by atoms with Gasteiger partial charge in [0.05, 0.1) is 18.5 Å². The Labute approximate surface area is 235 Å². The van der Waals surface area contributed by atoms with Crippen LogP contribution in [0.3, 0.4) is 0 Å². The van der Waals surface area contributed by atoms with Gasteiger partial charge in [-0.3, -0.25) is 0 Å². The van der Waals surface area contributed by atoms with Crippen LogP contribution in [0.4, 0.5) is 19.1 Å². The van der Waals surface area contributed by atoms with Crippen molar-refractivity contribution < 1.29 is 17.9 Å². The number of aromatic nitrogens is 6. The average molecular weight is 563 g/mol. The smallest absolute Gasteiger partial charge is 0.433 e. The third-order valence-corrected chi connectivity index (χ3v) is 7.47. The first kappa shape index (κ1) is 27.0. The summed E-state index contributed by atoms with van der Waals surface area (Å²) < 4.78 is 46.0. The number of piperidine rings is 1. The number of nitrogens with one attached hydrogen (secondary N) is 2. The summed E-state index contributed by atoms with van der Waals surface area (Å²) >= 11 is 0.